The normalized spacial score (nSPS) is 20.5. The van der Waals surface area contributed by atoms with Gasteiger partial charge in [0.2, 0.25) is 0 Å². The molecule has 1 aliphatic carbocycles. The van der Waals surface area contributed by atoms with E-state index in [1.54, 1.807) is 16.8 Å². The lowest BCUT2D eigenvalue weighted by Crippen LogP contribution is -2.29. The molecule has 1 aliphatic heterocycles. The third kappa shape index (κ3) is 2.42. The second-order valence-corrected chi connectivity index (χ2v) is 7.32. The van der Waals surface area contributed by atoms with Crippen LogP contribution in [0.15, 0.2) is 6.33 Å². The van der Waals surface area contributed by atoms with Crippen LogP contribution in [0.5, 0.6) is 0 Å². The van der Waals surface area contributed by atoms with Crippen molar-refractivity contribution in [2.24, 2.45) is 0 Å². The van der Waals surface area contributed by atoms with Crippen molar-refractivity contribution in [2.75, 3.05) is 38.1 Å². The molecule has 0 radical (unpaired) electrons. The van der Waals surface area contributed by atoms with E-state index in [0.717, 1.165) is 19.6 Å². The van der Waals surface area contributed by atoms with Crippen molar-refractivity contribution in [2.45, 2.75) is 32.1 Å². The molecule has 4 nitrogen and oxygen atoms in total. The quantitative estimate of drug-likeness (QED) is 0.811. The van der Waals surface area contributed by atoms with Gasteiger partial charge in [0, 0.05) is 24.5 Å². The maximum atomic E-state index is 4.68. The zero-order valence-corrected chi connectivity index (χ0v) is 13.5. The van der Waals surface area contributed by atoms with Crippen LogP contribution in [0.3, 0.4) is 0 Å². The highest BCUT2D eigenvalue weighted by atomic mass is 32.1. The maximum absolute atomic E-state index is 4.68. The smallest absolute Gasteiger partial charge is 0.141 e. The SMILES string of the molecule is CN1CCCN(c2ncnc3sc4c(c23)CCCC4)CC1. The van der Waals surface area contributed by atoms with E-state index in [-0.39, 0.29) is 0 Å². The van der Waals surface area contributed by atoms with Crippen molar-refractivity contribution in [3.05, 3.63) is 16.8 Å². The molecule has 0 atom stereocenters. The Bertz CT molecular complexity index is 651. The summed E-state index contributed by atoms with van der Waals surface area (Å²) >= 11 is 1.90. The predicted molar refractivity (Wildman–Crippen MR) is 88.4 cm³/mol. The van der Waals surface area contributed by atoms with Crippen LogP contribution in [-0.2, 0) is 12.8 Å². The molecule has 3 heterocycles. The first kappa shape index (κ1) is 13.5. The lowest BCUT2D eigenvalue weighted by molar-refractivity contribution is 0.360. The molecule has 0 saturated carbocycles. The Morgan fingerprint density at radius 2 is 1.90 bits per heavy atom. The van der Waals surface area contributed by atoms with E-state index in [2.05, 4.69) is 26.8 Å². The molecule has 1 fully saturated rings. The molecule has 2 aliphatic rings. The summed E-state index contributed by atoms with van der Waals surface area (Å²) in [4.78, 5) is 16.9. The summed E-state index contributed by atoms with van der Waals surface area (Å²) in [6.07, 6.45) is 8.07. The van der Waals surface area contributed by atoms with Crippen LogP contribution >= 0.6 is 11.3 Å². The molecule has 2 aromatic rings. The highest BCUT2D eigenvalue weighted by Gasteiger charge is 2.23. The average molecular weight is 302 g/mol. The number of thiophene rings is 1. The summed E-state index contributed by atoms with van der Waals surface area (Å²) in [5.74, 6) is 1.19. The number of fused-ring (bicyclic) bond motifs is 3. The van der Waals surface area contributed by atoms with Crippen molar-refractivity contribution >= 4 is 27.4 Å². The number of likely N-dealkylation sites (N-methyl/N-ethyl adjacent to an activating group) is 1. The van der Waals surface area contributed by atoms with Crippen molar-refractivity contribution in [1.29, 1.82) is 0 Å². The van der Waals surface area contributed by atoms with E-state index in [9.17, 15) is 0 Å². The maximum Gasteiger partial charge on any atom is 0.141 e. The summed E-state index contributed by atoms with van der Waals surface area (Å²) in [5, 5.41) is 1.36. The van der Waals surface area contributed by atoms with Crippen LogP contribution < -0.4 is 4.90 Å². The van der Waals surface area contributed by atoms with E-state index in [1.807, 2.05) is 11.3 Å². The molecule has 0 amide bonds. The van der Waals surface area contributed by atoms with Crippen molar-refractivity contribution in [3.63, 3.8) is 0 Å². The van der Waals surface area contributed by atoms with Crippen LogP contribution in [0, 0.1) is 0 Å². The van der Waals surface area contributed by atoms with E-state index >= 15 is 0 Å². The van der Waals surface area contributed by atoms with Crippen molar-refractivity contribution < 1.29 is 0 Å². The van der Waals surface area contributed by atoms with Gasteiger partial charge in [0.15, 0.2) is 0 Å². The molecule has 0 N–H and O–H groups in total. The standard InChI is InChI=1S/C16H22N4S/c1-19-7-4-8-20(10-9-19)15-14-12-5-2-3-6-13(12)21-16(14)18-11-17-15/h11H,2-10H2,1H3. The van der Waals surface area contributed by atoms with Crippen LogP contribution in [0.1, 0.15) is 29.7 Å². The van der Waals surface area contributed by atoms with Crippen LogP contribution in [0.4, 0.5) is 5.82 Å². The number of hydrogen-bond donors (Lipinski definition) is 0. The third-order valence-corrected chi connectivity index (χ3v) is 5.95. The minimum Gasteiger partial charge on any atom is -0.355 e. The van der Waals surface area contributed by atoms with Gasteiger partial charge in [-0.1, -0.05) is 0 Å². The first-order valence-corrected chi connectivity index (χ1v) is 8.83. The zero-order valence-electron chi connectivity index (χ0n) is 12.6. The Kier molecular flexibility index (Phi) is 3.55. The first-order valence-electron chi connectivity index (χ1n) is 8.01. The molecule has 21 heavy (non-hydrogen) atoms. The van der Waals surface area contributed by atoms with E-state index in [1.165, 1.54) is 54.7 Å². The van der Waals surface area contributed by atoms with Gasteiger partial charge in [-0.25, -0.2) is 9.97 Å². The number of hydrogen-bond acceptors (Lipinski definition) is 5. The average Bonchev–Trinajstić information content (AvgIpc) is 2.75. The Labute approximate surface area is 129 Å². The zero-order chi connectivity index (χ0) is 14.2. The molecule has 0 spiro atoms. The molecular weight excluding hydrogens is 280 g/mol. The fraction of sp³-hybridized carbons (Fsp3) is 0.625. The third-order valence-electron chi connectivity index (χ3n) is 4.75. The van der Waals surface area contributed by atoms with Crippen LogP contribution in [0.25, 0.3) is 10.2 Å². The van der Waals surface area contributed by atoms with Crippen molar-refractivity contribution in [3.8, 4) is 0 Å². The number of anilines is 1. The van der Waals surface area contributed by atoms with Gasteiger partial charge < -0.3 is 9.80 Å². The van der Waals surface area contributed by atoms with Crippen LogP contribution in [0.2, 0.25) is 0 Å². The second kappa shape index (κ2) is 5.54. The molecule has 0 bridgehead atoms. The molecule has 0 unspecified atom stereocenters. The molecule has 2 aromatic heterocycles. The number of rotatable bonds is 1. The Morgan fingerprint density at radius 1 is 1.00 bits per heavy atom. The van der Waals surface area contributed by atoms with Gasteiger partial charge in [-0.05, 0) is 51.3 Å². The van der Waals surface area contributed by atoms with E-state index in [4.69, 9.17) is 0 Å². The summed E-state index contributed by atoms with van der Waals surface area (Å²) in [5.41, 5.74) is 1.55. The highest BCUT2D eigenvalue weighted by Crippen LogP contribution is 2.39. The molecule has 1 saturated heterocycles. The number of aromatic nitrogens is 2. The molecule has 4 rings (SSSR count). The summed E-state index contributed by atoms with van der Waals surface area (Å²) < 4.78 is 0. The second-order valence-electron chi connectivity index (χ2n) is 6.23. The Hall–Kier alpha value is -1.20. The molecular formula is C16H22N4S. The predicted octanol–water partition coefficient (Wildman–Crippen LogP) is 2.71. The summed E-state index contributed by atoms with van der Waals surface area (Å²) in [6, 6.07) is 0. The Morgan fingerprint density at radius 3 is 2.86 bits per heavy atom. The molecule has 0 aromatic carbocycles. The fourth-order valence-corrected chi connectivity index (χ4v) is 4.80. The van der Waals surface area contributed by atoms with Gasteiger partial charge in [-0.15, -0.1) is 11.3 Å². The highest BCUT2D eigenvalue weighted by molar-refractivity contribution is 7.19. The lowest BCUT2D eigenvalue weighted by Gasteiger charge is -2.23. The van der Waals surface area contributed by atoms with Gasteiger partial charge in [0.25, 0.3) is 0 Å². The van der Waals surface area contributed by atoms with E-state index < -0.39 is 0 Å². The monoisotopic (exact) mass is 302 g/mol. The van der Waals surface area contributed by atoms with Gasteiger partial charge >= 0.3 is 0 Å². The summed E-state index contributed by atoms with van der Waals surface area (Å²) in [6.45, 7) is 4.50. The fourth-order valence-electron chi connectivity index (χ4n) is 3.57. The topological polar surface area (TPSA) is 32.3 Å². The van der Waals surface area contributed by atoms with Crippen molar-refractivity contribution in [1.82, 2.24) is 14.9 Å². The van der Waals surface area contributed by atoms with Crippen LogP contribution in [-0.4, -0.2) is 48.1 Å². The molecule has 5 heteroatoms. The number of aryl methyl sites for hydroxylation is 2. The minimum absolute atomic E-state index is 1.08. The lowest BCUT2D eigenvalue weighted by atomic mass is 9.97. The largest absolute Gasteiger partial charge is 0.355 e. The first-order chi connectivity index (χ1) is 10.3. The number of nitrogens with zero attached hydrogens (tertiary/aromatic N) is 4. The van der Waals surface area contributed by atoms with E-state index in [0.29, 0.717) is 0 Å². The van der Waals surface area contributed by atoms with Gasteiger partial charge in [-0.3, -0.25) is 0 Å². The minimum atomic E-state index is 1.08. The van der Waals surface area contributed by atoms with Gasteiger partial charge in [0.05, 0.1) is 5.39 Å². The summed E-state index contributed by atoms with van der Waals surface area (Å²) in [7, 11) is 2.21. The molecule has 112 valence electrons. The van der Waals surface area contributed by atoms with Gasteiger partial charge in [0.1, 0.15) is 17.0 Å². The Balaban J connectivity index is 1.79. The van der Waals surface area contributed by atoms with Gasteiger partial charge in [-0.2, -0.15) is 0 Å².